The van der Waals surface area contributed by atoms with E-state index in [9.17, 15) is 0 Å². The molecule has 0 radical (unpaired) electrons. The summed E-state index contributed by atoms with van der Waals surface area (Å²) in [5.74, 6) is 0. The molecule has 0 N–H and O–H groups in total. The first-order valence-corrected chi connectivity index (χ1v) is 7.51. The maximum absolute atomic E-state index is 4.08. The first kappa shape index (κ1) is 18.2. The van der Waals surface area contributed by atoms with E-state index >= 15 is 0 Å². The van der Waals surface area contributed by atoms with Crippen LogP contribution < -0.4 is 10.4 Å². The molecule has 0 spiro atoms. The van der Waals surface area contributed by atoms with Crippen LogP contribution in [0, 0.1) is 6.92 Å². The zero-order valence-electron chi connectivity index (χ0n) is 13.8. The highest BCUT2D eigenvalue weighted by atomic mass is 14.0. The Morgan fingerprint density at radius 3 is 1.85 bits per heavy atom. The second-order valence-electron chi connectivity index (χ2n) is 4.10. The fourth-order valence-corrected chi connectivity index (χ4v) is 2.02. The van der Waals surface area contributed by atoms with Crippen molar-refractivity contribution in [3.63, 3.8) is 0 Å². The van der Waals surface area contributed by atoms with Gasteiger partial charge >= 0.3 is 0 Å². The number of hydrogen-bond donors (Lipinski definition) is 0. The molecule has 0 amide bonds. The largest absolute Gasteiger partial charge is 0.0911 e. The molecule has 108 valence electrons. The Labute approximate surface area is 124 Å². The van der Waals surface area contributed by atoms with Crippen LogP contribution in [-0.2, 0) is 0 Å². The maximum Gasteiger partial charge on any atom is -0.0155 e. The van der Waals surface area contributed by atoms with E-state index in [1.54, 1.807) is 0 Å². The third-order valence-corrected chi connectivity index (χ3v) is 2.97. The number of rotatable bonds is 1. The first-order valence-electron chi connectivity index (χ1n) is 7.51. The Hall–Kier alpha value is -1.82. The van der Waals surface area contributed by atoms with Gasteiger partial charge in [-0.05, 0) is 41.0 Å². The molecule has 0 atom stereocenters. The first-order chi connectivity index (χ1) is 9.70. The lowest BCUT2D eigenvalue weighted by Gasteiger charge is -2.06. The molecule has 0 saturated heterocycles. The minimum atomic E-state index is 1.09. The standard InChI is InChI=1S/C16H16.2C2H6/c1-12-8-4-6-10-15(12)14(3)16-11-7-5-9-13(16)2;2*1-2/h4-11H,1H2,2-3H3;2*1-2H3/b15-14-;;. The SMILES string of the molecule is C=c1cccc/c1=C(\C)c1ccccc1C.CC.CC. The smallest absolute Gasteiger partial charge is 0.0155 e. The van der Waals surface area contributed by atoms with Crippen molar-refractivity contribution in [2.24, 2.45) is 0 Å². The van der Waals surface area contributed by atoms with Crippen LogP contribution in [-0.4, -0.2) is 0 Å². The van der Waals surface area contributed by atoms with Crippen LogP contribution >= 0.6 is 0 Å². The zero-order chi connectivity index (χ0) is 15.5. The third-order valence-electron chi connectivity index (χ3n) is 2.97. The molecule has 0 heteroatoms. The van der Waals surface area contributed by atoms with Crippen LogP contribution in [0.2, 0.25) is 0 Å². The second kappa shape index (κ2) is 10.0. The summed E-state index contributed by atoms with van der Waals surface area (Å²) in [6.07, 6.45) is 0. The number of aryl methyl sites for hydroxylation is 1. The van der Waals surface area contributed by atoms with Crippen LogP contribution in [0.5, 0.6) is 0 Å². The lowest BCUT2D eigenvalue weighted by Crippen LogP contribution is -2.24. The molecule has 0 aliphatic carbocycles. The molecule has 2 aromatic carbocycles. The molecule has 2 aromatic rings. The van der Waals surface area contributed by atoms with Gasteiger partial charge in [0.2, 0.25) is 0 Å². The molecular weight excluding hydrogens is 240 g/mol. The Morgan fingerprint density at radius 1 is 0.800 bits per heavy atom. The van der Waals surface area contributed by atoms with Crippen molar-refractivity contribution in [1.29, 1.82) is 0 Å². The van der Waals surface area contributed by atoms with Crippen molar-refractivity contribution in [3.05, 3.63) is 70.1 Å². The Morgan fingerprint density at radius 2 is 1.30 bits per heavy atom. The molecule has 0 fully saturated rings. The van der Waals surface area contributed by atoms with Crippen LogP contribution in [0.4, 0.5) is 0 Å². The van der Waals surface area contributed by atoms with Crippen molar-refractivity contribution in [2.75, 3.05) is 0 Å². The van der Waals surface area contributed by atoms with Crippen molar-refractivity contribution < 1.29 is 0 Å². The summed E-state index contributed by atoms with van der Waals surface area (Å²) in [6.45, 7) is 16.4. The van der Waals surface area contributed by atoms with Gasteiger partial charge in [0.05, 0.1) is 0 Å². The van der Waals surface area contributed by atoms with Gasteiger partial charge in [-0.3, -0.25) is 0 Å². The van der Waals surface area contributed by atoms with Crippen molar-refractivity contribution >= 4 is 12.2 Å². The topological polar surface area (TPSA) is 0 Å². The van der Waals surface area contributed by atoms with Gasteiger partial charge in [0.25, 0.3) is 0 Å². The van der Waals surface area contributed by atoms with Crippen molar-refractivity contribution in [3.8, 4) is 0 Å². The second-order valence-corrected chi connectivity index (χ2v) is 4.10. The van der Waals surface area contributed by atoms with Gasteiger partial charge in [-0.1, -0.05) is 82.8 Å². The van der Waals surface area contributed by atoms with E-state index in [-0.39, 0.29) is 0 Å². The lowest BCUT2D eigenvalue weighted by atomic mass is 9.99. The van der Waals surface area contributed by atoms with Gasteiger partial charge in [-0.2, -0.15) is 0 Å². The highest BCUT2D eigenvalue weighted by Crippen LogP contribution is 2.14. The molecule has 0 aliphatic heterocycles. The van der Waals surface area contributed by atoms with Gasteiger partial charge in [0.15, 0.2) is 0 Å². The van der Waals surface area contributed by atoms with Gasteiger partial charge in [0, 0.05) is 0 Å². The molecule has 20 heavy (non-hydrogen) atoms. The average Bonchev–Trinajstić information content (AvgIpc) is 2.52. The van der Waals surface area contributed by atoms with Crippen molar-refractivity contribution in [2.45, 2.75) is 41.5 Å². The summed E-state index contributed by atoms with van der Waals surface area (Å²) in [6, 6.07) is 16.7. The summed E-state index contributed by atoms with van der Waals surface area (Å²) < 4.78 is 0. The predicted molar refractivity (Wildman–Crippen MR) is 93.3 cm³/mol. The minimum Gasteiger partial charge on any atom is -0.0911 e. The van der Waals surface area contributed by atoms with Crippen LogP contribution in [0.25, 0.3) is 12.2 Å². The predicted octanol–water partition coefficient (Wildman–Crippen LogP) is 4.68. The monoisotopic (exact) mass is 268 g/mol. The van der Waals surface area contributed by atoms with E-state index in [0.29, 0.717) is 0 Å². The molecule has 2 rings (SSSR count). The Balaban J connectivity index is 0.000000829. The lowest BCUT2D eigenvalue weighted by molar-refractivity contribution is 1.38. The third kappa shape index (κ3) is 4.70. The van der Waals surface area contributed by atoms with Gasteiger partial charge in [0.1, 0.15) is 0 Å². The van der Waals surface area contributed by atoms with Gasteiger partial charge < -0.3 is 0 Å². The molecule has 0 heterocycles. The summed E-state index contributed by atoms with van der Waals surface area (Å²) in [4.78, 5) is 0. The van der Waals surface area contributed by atoms with Crippen LogP contribution in [0.15, 0.2) is 48.5 Å². The summed E-state index contributed by atoms with van der Waals surface area (Å²) in [7, 11) is 0. The van der Waals surface area contributed by atoms with Gasteiger partial charge in [-0.25, -0.2) is 0 Å². The highest BCUT2D eigenvalue weighted by Gasteiger charge is 1.99. The van der Waals surface area contributed by atoms with E-state index in [4.69, 9.17) is 0 Å². The Kier molecular flexibility index (Phi) is 9.11. The van der Waals surface area contributed by atoms with E-state index < -0.39 is 0 Å². The van der Waals surface area contributed by atoms with E-state index in [1.165, 1.54) is 21.9 Å². The van der Waals surface area contributed by atoms with Crippen molar-refractivity contribution in [1.82, 2.24) is 0 Å². The Bertz CT molecular complexity index is 606. The summed E-state index contributed by atoms with van der Waals surface area (Å²) in [5, 5.41) is 2.32. The molecular formula is C20H28. The maximum atomic E-state index is 4.08. The minimum absolute atomic E-state index is 1.09. The van der Waals surface area contributed by atoms with E-state index in [0.717, 1.165) is 5.22 Å². The van der Waals surface area contributed by atoms with E-state index in [1.807, 2.05) is 33.8 Å². The number of benzene rings is 2. The molecule has 0 unspecified atom stereocenters. The quantitative estimate of drug-likeness (QED) is 0.704. The average molecular weight is 268 g/mol. The molecule has 0 saturated carbocycles. The normalized spacial score (nSPS) is 10.5. The van der Waals surface area contributed by atoms with Crippen LogP contribution in [0.1, 0.15) is 45.7 Å². The fraction of sp³-hybridized carbons (Fsp3) is 0.300. The van der Waals surface area contributed by atoms with E-state index in [2.05, 4.69) is 62.9 Å². The number of hydrogen-bond acceptors (Lipinski definition) is 0. The molecule has 0 nitrogen and oxygen atoms in total. The highest BCUT2D eigenvalue weighted by molar-refractivity contribution is 5.66. The van der Waals surface area contributed by atoms with Gasteiger partial charge in [-0.15, -0.1) is 0 Å². The molecule has 0 aromatic heterocycles. The fourth-order valence-electron chi connectivity index (χ4n) is 2.02. The summed E-state index contributed by atoms with van der Waals surface area (Å²) in [5.41, 5.74) is 3.91. The zero-order valence-corrected chi connectivity index (χ0v) is 13.8. The molecule has 0 aliphatic rings. The molecule has 0 bridgehead atoms. The van der Waals surface area contributed by atoms with Crippen LogP contribution in [0.3, 0.4) is 0 Å². The summed E-state index contributed by atoms with van der Waals surface area (Å²) >= 11 is 0.